The molecule has 2 aromatic carbocycles. The van der Waals surface area contributed by atoms with Gasteiger partial charge in [-0.3, -0.25) is 9.63 Å². The molecule has 0 bridgehead atoms. The second kappa shape index (κ2) is 7.90. The molecule has 1 unspecified atom stereocenters. The van der Waals surface area contributed by atoms with Crippen LogP contribution in [0.1, 0.15) is 41.9 Å². The zero-order valence-corrected chi connectivity index (χ0v) is 18.8. The van der Waals surface area contributed by atoms with Crippen molar-refractivity contribution in [1.82, 2.24) is 20.0 Å². The Morgan fingerprint density at radius 1 is 1.23 bits per heavy atom. The fraction of sp³-hybridized carbons (Fsp3) is 0.208. The van der Waals surface area contributed by atoms with Crippen molar-refractivity contribution in [3.8, 4) is 11.4 Å². The van der Waals surface area contributed by atoms with Gasteiger partial charge in [0.05, 0.1) is 5.69 Å². The van der Waals surface area contributed by atoms with Crippen LogP contribution >= 0.6 is 15.9 Å². The van der Waals surface area contributed by atoms with E-state index in [0.29, 0.717) is 18.9 Å². The lowest BCUT2D eigenvalue weighted by Gasteiger charge is -2.35. The number of nitrogens with zero attached hydrogens (tertiary/aromatic N) is 3. The molecular weight excluding hydrogens is 456 g/mol. The molecule has 0 radical (unpaired) electrons. The minimum Gasteiger partial charge on any atom is -0.356 e. The summed E-state index contributed by atoms with van der Waals surface area (Å²) < 4.78 is 1.01. The lowest BCUT2D eigenvalue weighted by Crippen LogP contribution is -2.38. The van der Waals surface area contributed by atoms with Gasteiger partial charge in [0.2, 0.25) is 5.91 Å². The van der Waals surface area contributed by atoms with Crippen molar-refractivity contribution in [3.05, 3.63) is 81.7 Å². The zero-order chi connectivity index (χ0) is 21.5. The molecule has 2 aromatic heterocycles. The molecule has 0 aliphatic carbocycles. The van der Waals surface area contributed by atoms with Gasteiger partial charge < -0.3 is 4.98 Å². The number of aromatic nitrogens is 3. The third-order valence-corrected chi connectivity index (χ3v) is 6.08. The van der Waals surface area contributed by atoms with Crippen LogP contribution in [0.25, 0.3) is 22.3 Å². The van der Waals surface area contributed by atoms with Crippen molar-refractivity contribution in [2.75, 3.05) is 0 Å². The Morgan fingerprint density at radius 3 is 2.77 bits per heavy atom. The molecule has 1 aliphatic rings. The van der Waals surface area contributed by atoms with Gasteiger partial charge in [-0.2, -0.15) is 0 Å². The monoisotopic (exact) mass is 476 g/mol. The van der Waals surface area contributed by atoms with Gasteiger partial charge in [0.15, 0.2) is 5.82 Å². The van der Waals surface area contributed by atoms with Crippen molar-refractivity contribution < 1.29 is 9.63 Å². The number of H-pyrrole nitrogens is 1. The number of rotatable bonds is 3. The number of amides is 1. The van der Waals surface area contributed by atoms with E-state index < -0.39 is 0 Å². The number of halogens is 1. The van der Waals surface area contributed by atoms with Crippen LogP contribution in [-0.4, -0.2) is 25.9 Å². The fourth-order valence-electron chi connectivity index (χ4n) is 4.03. The summed E-state index contributed by atoms with van der Waals surface area (Å²) >= 11 is 3.56. The predicted octanol–water partition coefficient (Wildman–Crippen LogP) is 5.47. The van der Waals surface area contributed by atoms with E-state index in [0.717, 1.165) is 43.5 Å². The van der Waals surface area contributed by atoms with E-state index in [2.05, 4.69) is 36.9 Å². The molecule has 1 atom stereocenters. The van der Waals surface area contributed by atoms with Crippen LogP contribution in [0.4, 0.5) is 0 Å². The van der Waals surface area contributed by atoms with Gasteiger partial charge in [0, 0.05) is 44.8 Å². The number of benzene rings is 2. The molecule has 5 rings (SSSR count). The predicted molar refractivity (Wildman–Crippen MR) is 122 cm³/mol. The number of aryl methyl sites for hydroxylation is 1. The van der Waals surface area contributed by atoms with Crippen LogP contribution in [0, 0.1) is 6.92 Å². The minimum atomic E-state index is -0.352. The fourth-order valence-corrected chi connectivity index (χ4v) is 4.39. The Balaban J connectivity index is 1.61. The van der Waals surface area contributed by atoms with Crippen molar-refractivity contribution in [2.24, 2.45) is 0 Å². The number of carbonyl (C=O) groups excluding carboxylic acids is 1. The second-order valence-corrected chi connectivity index (χ2v) is 8.52. The van der Waals surface area contributed by atoms with E-state index in [4.69, 9.17) is 4.84 Å². The van der Waals surface area contributed by atoms with Crippen LogP contribution in [0.15, 0.2) is 59.2 Å². The molecule has 1 aliphatic heterocycles. The summed E-state index contributed by atoms with van der Waals surface area (Å²) in [5.41, 5.74) is 5.90. The molecular formula is C24H21BrN4O2. The summed E-state index contributed by atoms with van der Waals surface area (Å²) in [6.07, 6.45) is 2.13. The van der Waals surface area contributed by atoms with Crippen molar-refractivity contribution >= 4 is 32.7 Å². The minimum absolute atomic E-state index is 0.0541. The zero-order valence-electron chi connectivity index (χ0n) is 17.2. The van der Waals surface area contributed by atoms with E-state index in [1.54, 1.807) is 6.20 Å². The van der Waals surface area contributed by atoms with Gasteiger partial charge in [-0.05, 0) is 36.8 Å². The third-order valence-electron chi connectivity index (χ3n) is 5.58. The van der Waals surface area contributed by atoms with E-state index in [1.807, 2.05) is 56.3 Å². The van der Waals surface area contributed by atoms with Gasteiger partial charge in [0.1, 0.15) is 12.6 Å². The maximum Gasteiger partial charge on any atom is 0.246 e. The van der Waals surface area contributed by atoms with Gasteiger partial charge in [-0.15, -0.1) is 0 Å². The number of fused-ring (bicyclic) bond motifs is 3. The topological polar surface area (TPSA) is 71.1 Å². The third kappa shape index (κ3) is 3.54. The summed E-state index contributed by atoms with van der Waals surface area (Å²) in [7, 11) is 0. The van der Waals surface area contributed by atoms with E-state index >= 15 is 0 Å². The van der Waals surface area contributed by atoms with Gasteiger partial charge in [0.25, 0.3) is 0 Å². The number of aromatic amines is 1. The lowest BCUT2D eigenvalue weighted by atomic mass is 9.97. The highest BCUT2D eigenvalue weighted by molar-refractivity contribution is 9.10. The molecule has 1 amide bonds. The van der Waals surface area contributed by atoms with Gasteiger partial charge in [-0.25, -0.2) is 15.0 Å². The SMILES string of the molecule is CCC(=O)N1OCc2c([nH]c3ccc(Br)cc23)C1c1ccc(-c2nccc(C)n2)cc1. The van der Waals surface area contributed by atoms with Crippen LogP contribution in [0.5, 0.6) is 0 Å². The Labute approximate surface area is 188 Å². The first-order valence-corrected chi connectivity index (χ1v) is 11.0. The van der Waals surface area contributed by atoms with Crippen LogP contribution in [-0.2, 0) is 16.2 Å². The molecule has 0 fully saturated rings. The van der Waals surface area contributed by atoms with E-state index in [1.165, 1.54) is 5.06 Å². The normalized spacial score (nSPS) is 15.8. The average Bonchev–Trinajstić information content (AvgIpc) is 3.16. The van der Waals surface area contributed by atoms with Gasteiger partial charge >= 0.3 is 0 Å². The molecule has 31 heavy (non-hydrogen) atoms. The molecule has 3 heterocycles. The van der Waals surface area contributed by atoms with E-state index in [9.17, 15) is 4.79 Å². The van der Waals surface area contributed by atoms with E-state index in [-0.39, 0.29) is 11.9 Å². The number of hydrogen-bond acceptors (Lipinski definition) is 4. The van der Waals surface area contributed by atoms with Crippen molar-refractivity contribution in [1.29, 1.82) is 0 Å². The average molecular weight is 477 g/mol. The maximum atomic E-state index is 12.7. The number of carbonyl (C=O) groups is 1. The first-order chi connectivity index (χ1) is 15.0. The molecule has 156 valence electrons. The maximum absolute atomic E-state index is 12.7. The summed E-state index contributed by atoms with van der Waals surface area (Å²) in [5, 5.41) is 2.60. The molecule has 0 spiro atoms. The van der Waals surface area contributed by atoms with Crippen LogP contribution < -0.4 is 0 Å². The highest BCUT2D eigenvalue weighted by atomic mass is 79.9. The Bertz CT molecular complexity index is 1280. The summed E-state index contributed by atoms with van der Waals surface area (Å²) in [4.78, 5) is 31.1. The van der Waals surface area contributed by atoms with Crippen LogP contribution in [0.3, 0.4) is 0 Å². The Hall–Kier alpha value is -3.03. The molecule has 6 nitrogen and oxygen atoms in total. The first-order valence-electron chi connectivity index (χ1n) is 10.2. The number of hydroxylamine groups is 2. The number of nitrogens with one attached hydrogen (secondary N) is 1. The summed E-state index contributed by atoms with van der Waals surface area (Å²) in [6, 6.07) is 15.7. The molecule has 0 saturated heterocycles. The quantitative estimate of drug-likeness (QED) is 0.425. The molecule has 0 saturated carbocycles. The Morgan fingerprint density at radius 2 is 2.03 bits per heavy atom. The largest absolute Gasteiger partial charge is 0.356 e. The molecule has 7 heteroatoms. The van der Waals surface area contributed by atoms with Crippen LogP contribution in [0.2, 0.25) is 0 Å². The smallest absolute Gasteiger partial charge is 0.246 e. The summed E-state index contributed by atoms with van der Waals surface area (Å²) in [5.74, 6) is 0.630. The van der Waals surface area contributed by atoms with Gasteiger partial charge in [-0.1, -0.05) is 47.1 Å². The Kier molecular flexibility index (Phi) is 5.08. The van der Waals surface area contributed by atoms with Crippen molar-refractivity contribution in [3.63, 3.8) is 0 Å². The highest BCUT2D eigenvalue weighted by Crippen LogP contribution is 2.40. The first kappa shape index (κ1) is 19.9. The molecule has 4 aromatic rings. The lowest BCUT2D eigenvalue weighted by molar-refractivity contribution is -0.208. The molecule has 1 N–H and O–H groups in total. The second-order valence-electron chi connectivity index (χ2n) is 7.60. The standard InChI is InChI=1S/C24H21BrN4O2/c1-3-21(30)29-23(15-4-6-16(7-5-15)24-26-11-10-14(2)27-24)22-19(13-31-29)18-12-17(25)8-9-20(18)28-22/h4-12,23,28H,3,13H2,1-2H3. The summed E-state index contributed by atoms with van der Waals surface area (Å²) in [6.45, 7) is 4.14. The van der Waals surface area contributed by atoms with Crippen molar-refractivity contribution in [2.45, 2.75) is 32.9 Å². The number of hydrogen-bond donors (Lipinski definition) is 1. The highest BCUT2D eigenvalue weighted by Gasteiger charge is 2.35.